The number of piperidine rings is 1. The van der Waals surface area contributed by atoms with E-state index in [2.05, 4.69) is 16.5 Å². The summed E-state index contributed by atoms with van der Waals surface area (Å²) in [4.78, 5) is 30.6. The zero-order chi connectivity index (χ0) is 24.0. The van der Waals surface area contributed by atoms with Gasteiger partial charge in [-0.3, -0.25) is 14.6 Å². The average Bonchev–Trinajstić information content (AvgIpc) is 3.37. The van der Waals surface area contributed by atoms with Gasteiger partial charge in [0.2, 0.25) is 5.91 Å². The van der Waals surface area contributed by atoms with E-state index in [4.69, 9.17) is 5.26 Å². The molecule has 0 radical (unpaired) electrons. The Morgan fingerprint density at radius 3 is 2.62 bits per heavy atom. The van der Waals surface area contributed by atoms with Gasteiger partial charge in [0.05, 0.1) is 11.6 Å². The molecule has 34 heavy (non-hydrogen) atoms. The molecular weight excluding hydrogens is 440 g/mol. The van der Waals surface area contributed by atoms with E-state index in [1.807, 2.05) is 35.9 Å². The number of rotatable bonds is 4. The van der Waals surface area contributed by atoms with Crippen molar-refractivity contribution >= 4 is 28.4 Å². The molecule has 1 aliphatic carbocycles. The molecule has 174 valence electrons. The number of halogens is 2. The van der Waals surface area contributed by atoms with E-state index in [9.17, 15) is 18.4 Å². The average molecular weight is 463 g/mol. The monoisotopic (exact) mass is 463 g/mol. The van der Waals surface area contributed by atoms with Crippen LogP contribution in [0.3, 0.4) is 0 Å². The van der Waals surface area contributed by atoms with Gasteiger partial charge >= 0.3 is 0 Å². The first-order valence-electron chi connectivity index (χ1n) is 11.2. The predicted molar refractivity (Wildman–Crippen MR) is 121 cm³/mol. The summed E-state index contributed by atoms with van der Waals surface area (Å²) < 4.78 is 28.6. The van der Waals surface area contributed by atoms with Crippen LogP contribution in [-0.2, 0) is 11.8 Å². The summed E-state index contributed by atoms with van der Waals surface area (Å²) in [6.07, 6.45) is 4.55. The van der Waals surface area contributed by atoms with Crippen molar-refractivity contribution in [1.82, 2.24) is 14.5 Å². The maximum absolute atomic E-state index is 13.3. The molecule has 1 N–H and O–H groups in total. The van der Waals surface area contributed by atoms with E-state index in [0.717, 1.165) is 16.5 Å². The van der Waals surface area contributed by atoms with E-state index < -0.39 is 23.7 Å². The number of nitrogens with zero attached hydrogens (tertiary/aromatic N) is 4. The van der Waals surface area contributed by atoms with Crippen molar-refractivity contribution in [1.29, 1.82) is 5.26 Å². The van der Waals surface area contributed by atoms with Crippen LogP contribution in [0, 0.1) is 17.2 Å². The lowest BCUT2D eigenvalue weighted by atomic mass is 9.89. The van der Waals surface area contributed by atoms with Gasteiger partial charge in [-0.2, -0.15) is 5.26 Å². The number of hydrogen-bond acceptors (Lipinski definition) is 4. The number of carbonyl (C=O) groups excluding carboxylic acids is 2. The van der Waals surface area contributed by atoms with Crippen molar-refractivity contribution in [3.05, 3.63) is 59.5 Å². The molecule has 1 saturated heterocycles. The molecule has 2 amide bonds. The number of alkyl halides is 2. The third kappa shape index (κ3) is 4.00. The molecule has 7 nitrogen and oxygen atoms in total. The van der Waals surface area contributed by atoms with Gasteiger partial charge < -0.3 is 14.8 Å². The highest BCUT2D eigenvalue weighted by Gasteiger charge is 2.62. The maximum Gasteiger partial charge on any atom is 0.274 e. The molecule has 3 heterocycles. The summed E-state index contributed by atoms with van der Waals surface area (Å²) in [7, 11) is 1.95. The highest BCUT2D eigenvalue weighted by Crippen LogP contribution is 2.50. The Morgan fingerprint density at radius 2 is 1.94 bits per heavy atom. The molecule has 2 fully saturated rings. The SMILES string of the molecule is Cn1cc(C2CCN(C(=O)C3CC3(F)F)CC2)c2cc(NC(=O)c3cc(C#N)ccn3)ccc21. The van der Waals surface area contributed by atoms with Crippen LogP contribution in [0.25, 0.3) is 10.9 Å². The fourth-order valence-electron chi connectivity index (χ4n) is 4.76. The first-order valence-corrected chi connectivity index (χ1v) is 11.2. The minimum absolute atomic E-state index is 0.158. The second kappa shape index (κ2) is 8.20. The molecule has 5 rings (SSSR count). The third-order valence-electron chi connectivity index (χ3n) is 6.77. The van der Waals surface area contributed by atoms with Crippen LogP contribution >= 0.6 is 0 Å². The molecule has 9 heteroatoms. The molecule has 3 aromatic rings. The molecule has 1 aromatic carbocycles. The van der Waals surface area contributed by atoms with Crippen LogP contribution in [0.5, 0.6) is 0 Å². The number of anilines is 1. The molecule has 2 aromatic heterocycles. The summed E-state index contributed by atoms with van der Waals surface area (Å²) >= 11 is 0. The van der Waals surface area contributed by atoms with Gasteiger partial charge in [-0.05, 0) is 54.7 Å². The third-order valence-corrected chi connectivity index (χ3v) is 6.77. The van der Waals surface area contributed by atoms with Gasteiger partial charge in [-0.25, -0.2) is 8.78 Å². The molecular formula is C25H23F2N5O2. The van der Waals surface area contributed by atoms with Gasteiger partial charge in [0, 0.05) is 55.5 Å². The number of pyridine rings is 1. The maximum atomic E-state index is 13.3. The molecule has 1 aliphatic heterocycles. The quantitative estimate of drug-likeness (QED) is 0.632. The number of fused-ring (bicyclic) bond motifs is 1. The lowest BCUT2D eigenvalue weighted by Gasteiger charge is -2.32. The fourth-order valence-corrected chi connectivity index (χ4v) is 4.76. The zero-order valence-corrected chi connectivity index (χ0v) is 18.6. The number of hydrogen-bond donors (Lipinski definition) is 1. The van der Waals surface area contributed by atoms with Crippen LogP contribution in [0.1, 0.15) is 46.8 Å². The zero-order valence-electron chi connectivity index (χ0n) is 18.6. The van der Waals surface area contributed by atoms with Gasteiger partial charge in [-0.15, -0.1) is 0 Å². The fraction of sp³-hybridized carbons (Fsp3) is 0.360. The lowest BCUT2D eigenvalue weighted by Crippen LogP contribution is -2.39. The number of benzene rings is 1. The number of likely N-dealkylation sites (tertiary alicyclic amines) is 1. The van der Waals surface area contributed by atoms with Crippen molar-refractivity contribution in [2.75, 3.05) is 18.4 Å². The second-order valence-corrected chi connectivity index (χ2v) is 9.04. The number of nitrogens with one attached hydrogen (secondary N) is 1. The Bertz CT molecular complexity index is 1330. The number of nitriles is 1. The van der Waals surface area contributed by atoms with Crippen molar-refractivity contribution in [3.8, 4) is 6.07 Å². The smallest absolute Gasteiger partial charge is 0.274 e. The lowest BCUT2D eigenvalue weighted by molar-refractivity contribution is -0.135. The van der Waals surface area contributed by atoms with Gasteiger partial charge in [0.15, 0.2) is 0 Å². The molecule has 1 atom stereocenters. The first-order chi connectivity index (χ1) is 16.3. The summed E-state index contributed by atoms with van der Waals surface area (Å²) in [5.41, 5.74) is 3.25. The highest BCUT2D eigenvalue weighted by molar-refractivity contribution is 6.04. The molecule has 1 unspecified atom stereocenters. The molecule has 0 spiro atoms. The minimum atomic E-state index is -2.84. The van der Waals surface area contributed by atoms with Crippen LogP contribution < -0.4 is 5.32 Å². The molecule has 2 aliphatic rings. The largest absolute Gasteiger partial charge is 0.350 e. The Kier molecular flexibility index (Phi) is 5.31. The molecule has 0 bridgehead atoms. The first kappa shape index (κ1) is 22.0. The Morgan fingerprint density at radius 1 is 1.21 bits per heavy atom. The summed E-state index contributed by atoms with van der Waals surface area (Å²) in [5, 5.41) is 12.9. The van der Waals surface area contributed by atoms with Crippen molar-refractivity contribution in [2.45, 2.75) is 31.1 Å². The number of aryl methyl sites for hydroxylation is 1. The number of aromatic nitrogens is 2. The minimum Gasteiger partial charge on any atom is -0.350 e. The van der Waals surface area contributed by atoms with Crippen LogP contribution in [0.15, 0.2) is 42.7 Å². The van der Waals surface area contributed by atoms with Crippen LogP contribution in [-0.4, -0.2) is 45.3 Å². The summed E-state index contributed by atoms with van der Waals surface area (Å²) in [6, 6.07) is 10.6. The van der Waals surface area contributed by atoms with Crippen molar-refractivity contribution in [3.63, 3.8) is 0 Å². The van der Waals surface area contributed by atoms with E-state index >= 15 is 0 Å². The van der Waals surface area contributed by atoms with Crippen LogP contribution in [0.2, 0.25) is 0 Å². The Balaban J connectivity index is 1.33. The summed E-state index contributed by atoms with van der Waals surface area (Å²) in [5.74, 6) is -4.63. The summed E-state index contributed by atoms with van der Waals surface area (Å²) in [6.45, 7) is 0.924. The van der Waals surface area contributed by atoms with Gasteiger partial charge in [-0.1, -0.05) is 0 Å². The second-order valence-electron chi connectivity index (χ2n) is 9.04. The Hall–Kier alpha value is -3.80. The van der Waals surface area contributed by atoms with Gasteiger partial charge in [0.25, 0.3) is 11.8 Å². The van der Waals surface area contributed by atoms with Crippen LogP contribution in [0.4, 0.5) is 14.5 Å². The normalized spacial score (nSPS) is 19.6. The Labute approximate surface area is 195 Å². The van der Waals surface area contributed by atoms with E-state index in [1.54, 1.807) is 4.90 Å². The number of amides is 2. The topological polar surface area (TPSA) is 91.0 Å². The standard InChI is InChI=1S/C25H23F2N5O2/c1-31-14-19(16-5-8-32(9-6-16)24(34)20-12-25(20,26)27)18-11-17(2-3-22(18)31)30-23(33)21-10-15(13-28)4-7-29-21/h2-4,7,10-11,14,16,20H,5-6,8-9,12H2,1H3,(H,30,33). The van der Waals surface area contributed by atoms with Crippen molar-refractivity contribution < 1.29 is 18.4 Å². The van der Waals surface area contributed by atoms with E-state index in [1.165, 1.54) is 18.3 Å². The van der Waals surface area contributed by atoms with Gasteiger partial charge in [0.1, 0.15) is 11.6 Å². The highest BCUT2D eigenvalue weighted by atomic mass is 19.3. The van der Waals surface area contributed by atoms with E-state index in [-0.39, 0.29) is 18.0 Å². The predicted octanol–water partition coefficient (Wildman–Crippen LogP) is 4.06. The van der Waals surface area contributed by atoms with Crippen molar-refractivity contribution in [2.24, 2.45) is 13.0 Å². The van der Waals surface area contributed by atoms with E-state index in [0.29, 0.717) is 37.2 Å². The molecule has 1 saturated carbocycles. The number of carbonyl (C=O) groups is 2.